The lowest BCUT2D eigenvalue weighted by Gasteiger charge is -2.34. The van der Waals surface area contributed by atoms with Gasteiger partial charge in [-0.3, -0.25) is 0 Å². The van der Waals surface area contributed by atoms with Gasteiger partial charge in [-0.1, -0.05) is 12.8 Å². The monoisotopic (exact) mass is 314 g/mol. The molecule has 0 heterocycles. The number of hydrogen-bond donors (Lipinski definition) is 0. The molecule has 0 radical (unpaired) electrons. The predicted octanol–water partition coefficient (Wildman–Crippen LogP) is 4.82. The van der Waals surface area contributed by atoms with Gasteiger partial charge in [0.15, 0.2) is 5.60 Å². The summed E-state index contributed by atoms with van der Waals surface area (Å²) in [6.07, 6.45) is 7.74. The molecule has 0 fully saturated rings. The summed E-state index contributed by atoms with van der Waals surface area (Å²) in [7, 11) is 0. The van der Waals surface area contributed by atoms with Crippen molar-refractivity contribution in [2.45, 2.75) is 104 Å². The van der Waals surface area contributed by atoms with Crippen LogP contribution in [-0.4, -0.2) is 22.4 Å². The van der Waals surface area contributed by atoms with Crippen LogP contribution in [0.5, 0.6) is 0 Å². The highest BCUT2D eigenvalue weighted by Crippen LogP contribution is 2.30. The molecule has 0 aliphatic rings. The lowest BCUT2D eigenvalue weighted by atomic mass is 9.90. The molecule has 4 heteroatoms. The van der Waals surface area contributed by atoms with E-state index in [1.54, 1.807) is 0 Å². The maximum Gasteiger partial charge on any atom is 0.160 e. The van der Waals surface area contributed by atoms with Gasteiger partial charge in [0.25, 0.3) is 0 Å². The Kier molecular flexibility index (Phi) is 7.57. The molecule has 0 aromatic heterocycles. The molecule has 2 unspecified atom stereocenters. The van der Waals surface area contributed by atoms with Crippen LogP contribution in [0.4, 0.5) is 0 Å². The molecule has 22 heavy (non-hydrogen) atoms. The van der Waals surface area contributed by atoms with Crippen LogP contribution < -0.4 is 0 Å². The molecular weight excluding hydrogens is 280 g/mol. The van der Waals surface area contributed by atoms with Crippen molar-refractivity contribution in [3.05, 3.63) is 0 Å². The second-order valence-corrected chi connectivity index (χ2v) is 8.24. The zero-order chi connectivity index (χ0) is 17.7. The topological polar surface area (TPSA) is 36.9 Å². The second kappa shape index (κ2) is 7.79. The average molecular weight is 314 g/mol. The largest absolute Gasteiger partial charge is 0.230 e. The smallest absolute Gasteiger partial charge is 0.160 e. The first kappa shape index (κ1) is 21.4. The molecule has 0 aliphatic heterocycles. The Balaban J connectivity index is 4.65. The van der Waals surface area contributed by atoms with Gasteiger partial charge in [-0.2, -0.15) is 0 Å². The van der Waals surface area contributed by atoms with E-state index >= 15 is 0 Å². The van der Waals surface area contributed by atoms with Crippen LogP contribution in [-0.2, 0) is 19.6 Å². The maximum absolute atomic E-state index is 5.66. The van der Waals surface area contributed by atoms with E-state index in [4.69, 9.17) is 26.0 Å². The van der Waals surface area contributed by atoms with E-state index in [0.717, 1.165) is 6.42 Å². The van der Waals surface area contributed by atoms with Gasteiger partial charge in [0.1, 0.15) is 5.60 Å². The van der Waals surface area contributed by atoms with Crippen LogP contribution in [0.25, 0.3) is 0 Å². The van der Waals surface area contributed by atoms with Crippen LogP contribution in [0, 0.1) is 12.3 Å². The Morgan fingerprint density at radius 2 is 1.18 bits per heavy atom. The summed E-state index contributed by atoms with van der Waals surface area (Å²) < 4.78 is 0. The van der Waals surface area contributed by atoms with Crippen molar-refractivity contribution in [2.75, 3.05) is 0 Å². The first-order valence-corrected chi connectivity index (χ1v) is 7.96. The molecule has 0 aromatic rings. The highest BCUT2D eigenvalue weighted by atomic mass is 17.2. The number of rotatable bonds is 8. The summed E-state index contributed by atoms with van der Waals surface area (Å²) in [6, 6.07) is 0. The number of terminal acetylenes is 1. The first-order chi connectivity index (χ1) is 9.74. The Hall–Kier alpha value is -0.600. The summed E-state index contributed by atoms with van der Waals surface area (Å²) in [6.45, 7) is 17.5. The minimum absolute atomic E-state index is 0.350. The fourth-order valence-electron chi connectivity index (χ4n) is 1.36. The minimum atomic E-state index is -0.797. The third kappa shape index (κ3) is 9.42. The van der Waals surface area contributed by atoms with Crippen LogP contribution in [0.1, 0.15) is 81.6 Å². The van der Waals surface area contributed by atoms with Crippen molar-refractivity contribution in [3.63, 3.8) is 0 Å². The van der Waals surface area contributed by atoms with Gasteiger partial charge in [-0.25, -0.2) is 19.6 Å². The van der Waals surface area contributed by atoms with Crippen molar-refractivity contribution in [3.8, 4) is 12.3 Å². The van der Waals surface area contributed by atoms with Crippen LogP contribution in [0.3, 0.4) is 0 Å². The van der Waals surface area contributed by atoms with Gasteiger partial charge < -0.3 is 0 Å². The minimum Gasteiger partial charge on any atom is -0.230 e. The quantitative estimate of drug-likeness (QED) is 0.365. The van der Waals surface area contributed by atoms with Crippen molar-refractivity contribution in [1.29, 1.82) is 0 Å². The molecule has 0 spiro atoms. The summed E-state index contributed by atoms with van der Waals surface area (Å²) in [5.74, 6) is 2.68. The molecule has 0 aliphatic carbocycles. The van der Waals surface area contributed by atoms with Gasteiger partial charge in [0.2, 0.25) is 0 Å². The molecule has 2 atom stereocenters. The van der Waals surface area contributed by atoms with Crippen molar-refractivity contribution in [1.82, 2.24) is 0 Å². The van der Waals surface area contributed by atoms with E-state index in [0.29, 0.717) is 12.8 Å². The fourth-order valence-corrected chi connectivity index (χ4v) is 1.36. The van der Waals surface area contributed by atoms with Crippen LogP contribution in [0.15, 0.2) is 0 Å². The van der Waals surface area contributed by atoms with Crippen LogP contribution >= 0.6 is 0 Å². The molecule has 0 bridgehead atoms. The predicted molar refractivity (Wildman–Crippen MR) is 89.0 cm³/mol. The SMILES string of the molecule is C#CC(C)(CCC(C)(CC)OOC(C)(C)C)OOC(C)(C)C. The van der Waals surface area contributed by atoms with Crippen LogP contribution in [0.2, 0.25) is 0 Å². The molecule has 0 N–H and O–H groups in total. The Morgan fingerprint density at radius 1 is 0.727 bits per heavy atom. The second-order valence-electron chi connectivity index (χ2n) is 8.24. The average Bonchev–Trinajstić information content (AvgIpc) is 2.39. The zero-order valence-electron chi connectivity index (χ0n) is 15.8. The van der Waals surface area contributed by atoms with Gasteiger partial charge in [-0.05, 0) is 74.7 Å². The summed E-state index contributed by atoms with van der Waals surface area (Å²) in [4.78, 5) is 22.0. The summed E-state index contributed by atoms with van der Waals surface area (Å²) in [5.41, 5.74) is -1.97. The standard InChI is InChI=1S/C18H34O4/c1-11-17(9,21-19-15(3,4)5)13-14-18(10,12-2)22-20-16(6,7)8/h1H,12-14H2,2-10H3. The van der Waals surface area contributed by atoms with E-state index in [9.17, 15) is 0 Å². The molecular formula is C18H34O4. The molecule has 0 saturated heterocycles. The first-order valence-electron chi connectivity index (χ1n) is 7.96. The summed E-state index contributed by atoms with van der Waals surface area (Å²) >= 11 is 0. The normalized spacial score (nSPS) is 18.4. The maximum atomic E-state index is 5.66. The van der Waals surface area contributed by atoms with E-state index in [-0.39, 0.29) is 5.60 Å². The van der Waals surface area contributed by atoms with E-state index in [1.807, 2.05) is 55.4 Å². The Labute approximate surface area is 136 Å². The van der Waals surface area contributed by atoms with Gasteiger partial charge in [0, 0.05) is 0 Å². The van der Waals surface area contributed by atoms with E-state index < -0.39 is 16.8 Å². The third-order valence-corrected chi connectivity index (χ3v) is 3.15. The van der Waals surface area contributed by atoms with Gasteiger partial charge >= 0.3 is 0 Å². The van der Waals surface area contributed by atoms with Gasteiger partial charge in [-0.15, -0.1) is 6.42 Å². The van der Waals surface area contributed by atoms with E-state index in [2.05, 4.69) is 12.8 Å². The molecule has 0 saturated carbocycles. The van der Waals surface area contributed by atoms with Gasteiger partial charge in [0.05, 0.1) is 11.2 Å². The molecule has 4 nitrogen and oxygen atoms in total. The number of hydrogen-bond acceptors (Lipinski definition) is 4. The molecule has 0 rings (SSSR count). The Bertz CT molecular complexity index is 372. The highest BCUT2D eigenvalue weighted by Gasteiger charge is 2.33. The van der Waals surface area contributed by atoms with Crippen molar-refractivity contribution >= 4 is 0 Å². The molecule has 0 aromatic carbocycles. The van der Waals surface area contributed by atoms with E-state index in [1.165, 1.54) is 0 Å². The fraction of sp³-hybridized carbons (Fsp3) is 0.889. The highest BCUT2D eigenvalue weighted by molar-refractivity contribution is 5.06. The summed E-state index contributed by atoms with van der Waals surface area (Å²) in [5, 5.41) is 0. The molecule has 130 valence electrons. The lowest BCUT2D eigenvalue weighted by molar-refractivity contribution is -0.409. The lowest BCUT2D eigenvalue weighted by Crippen LogP contribution is -2.37. The Morgan fingerprint density at radius 3 is 1.55 bits per heavy atom. The third-order valence-electron chi connectivity index (χ3n) is 3.15. The van der Waals surface area contributed by atoms with Crippen molar-refractivity contribution < 1.29 is 19.6 Å². The zero-order valence-corrected chi connectivity index (χ0v) is 15.8. The van der Waals surface area contributed by atoms with Crippen molar-refractivity contribution in [2.24, 2.45) is 0 Å². The molecule has 0 amide bonds.